The van der Waals surface area contributed by atoms with Crippen LogP contribution in [0.2, 0.25) is 0 Å². The van der Waals surface area contributed by atoms with E-state index in [0.717, 1.165) is 10.0 Å². The molecule has 0 aromatic heterocycles. The highest BCUT2D eigenvalue weighted by atomic mass is 79.9. The Labute approximate surface area is 113 Å². The topological polar surface area (TPSA) is 26.3 Å². The van der Waals surface area contributed by atoms with Gasteiger partial charge < -0.3 is 4.74 Å². The summed E-state index contributed by atoms with van der Waals surface area (Å²) in [4.78, 5) is 10.8. The van der Waals surface area contributed by atoms with Gasteiger partial charge in [-0.1, -0.05) is 34.1 Å². The monoisotopic (exact) mass is 308 g/mol. The Bertz CT molecular complexity index is 552. The van der Waals surface area contributed by atoms with Gasteiger partial charge >= 0.3 is 0 Å². The molecule has 0 aliphatic carbocycles. The predicted molar refractivity (Wildman–Crippen MR) is 70.3 cm³/mol. The van der Waals surface area contributed by atoms with Crippen molar-refractivity contribution in [3.8, 4) is 5.75 Å². The number of aldehydes is 1. The van der Waals surface area contributed by atoms with Crippen molar-refractivity contribution in [3.63, 3.8) is 0 Å². The van der Waals surface area contributed by atoms with Gasteiger partial charge in [0.15, 0.2) is 17.9 Å². The predicted octanol–water partition coefficient (Wildman–Crippen LogP) is 3.98. The summed E-state index contributed by atoms with van der Waals surface area (Å²) in [7, 11) is 0. The first kappa shape index (κ1) is 12.8. The number of halogens is 2. The minimum atomic E-state index is -0.531. The van der Waals surface area contributed by atoms with Crippen LogP contribution in [0.15, 0.2) is 46.9 Å². The Morgan fingerprint density at radius 1 is 1.17 bits per heavy atom. The molecule has 4 heteroatoms. The van der Waals surface area contributed by atoms with Crippen molar-refractivity contribution >= 4 is 22.2 Å². The van der Waals surface area contributed by atoms with Crippen molar-refractivity contribution in [2.45, 2.75) is 6.61 Å². The lowest BCUT2D eigenvalue weighted by atomic mass is 10.2. The Morgan fingerprint density at radius 2 is 1.89 bits per heavy atom. The molecule has 0 N–H and O–H groups in total. The summed E-state index contributed by atoms with van der Waals surface area (Å²) >= 11 is 3.33. The number of carbonyl (C=O) groups is 1. The molecule has 0 bridgehead atoms. The van der Waals surface area contributed by atoms with E-state index in [1.165, 1.54) is 18.2 Å². The molecule has 0 spiro atoms. The van der Waals surface area contributed by atoms with Gasteiger partial charge in [0.2, 0.25) is 0 Å². The summed E-state index contributed by atoms with van der Waals surface area (Å²) in [6, 6.07) is 11.8. The molecule has 0 aliphatic heterocycles. The Kier molecular flexibility index (Phi) is 4.10. The number of rotatable bonds is 4. The molecule has 2 rings (SSSR count). The number of para-hydroxylation sites is 1. The molecule has 18 heavy (non-hydrogen) atoms. The molecule has 0 unspecified atom stereocenters. The van der Waals surface area contributed by atoms with Gasteiger partial charge in [-0.25, -0.2) is 4.39 Å². The van der Waals surface area contributed by atoms with Crippen molar-refractivity contribution < 1.29 is 13.9 Å². The smallest absolute Gasteiger partial charge is 0.165 e. The third-order valence-electron chi connectivity index (χ3n) is 2.42. The number of ether oxygens (including phenoxy) is 1. The second-order valence-electron chi connectivity index (χ2n) is 3.69. The van der Waals surface area contributed by atoms with Crippen LogP contribution in [0, 0.1) is 5.82 Å². The van der Waals surface area contributed by atoms with Crippen LogP contribution in [-0.4, -0.2) is 6.29 Å². The molecule has 0 heterocycles. The molecule has 92 valence electrons. The minimum Gasteiger partial charge on any atom is -0.485 e. The molecule has 2 aromatic carbocycles. The fourth-order valence-corrected chi connectivity index (χ4v) is 1.77. The maximum atomic E-state index is 13.5. The molecular weight excluding hydrogens is 299 g/mol. The zero-order chi connectivity index (χ0) is 13.0. The van der Waals surface area contributed by atoms with Gasteiger partial charge in [-0.2, -0.15) is 0 Å². The first-order valence-electron chi connectivity index (χ1n) is 5.31. The second-order valence-corrected chi connectivity index (χ2v) is 4.61. The average Bonchev–Trinajstić information content (AvgIpc) is 2.39. The number of hydrogen-bond acceptors (Lipinski definition) is 2. The van der Waals surface area contributed by atoms with Crippen molar-refractivity contribution in [2.75, 3.05) is 0 Å². The molecule has 0 aliphatic rings. The maximum absolute atomic E-state index is 13.5. The van der Waals surface area contributed by atoms with Crippen LogP contribution in [0.4, 0.5) is 4.39 Å². The lowest BCUT2D eigenvalue weighted by Crippen LogP contribution is -2.00. The highest BCUT2D eigenvalue weighted by Crippen LogP contribution is 2.22. The molecule has 0 amide bonds. The van der Waals surface area contributed by atoms with E-state index in [-0.39, 0.29) is 17.9 Å². The summed E-state index contributed by atoms with van der Waals surface area (Å²) in [5.74, 6) is -0.535. The van der Waals surface area contributed by atoms with Crippen LogP contribution >= 0.6 is 15.9 Å². The molecule has 0 radical (unpaired) electrons. The fraction of sp³-hybridized carbons (Fsp3) is 0.0714. The summed E-state index contributed by atoms with van der Waals surface area (Å²) in [5.41, 5.74) is 1.12. The SMILES string of the molecule is O=Cc1cccc(F)c1OCc1ccc(Br)cc1. The quantitative estimate of drug-likeness (QED) is 0.799. The molecule has 0 saturated heterocycles. The van der Waals surface area contributed by atoms with E-state index in [4.69, 9.17) is 4.74 Å². The first-order chi connectivity index (χ1) is 8.70. The summed E-state index contributed by atoms with van der Waals surface area (Å²) in [5, 5.41) is 0. The Balaban J connectivity index is 2.15. The van der Waals surface area contributed by atoms with E-state index in [9.17, 15) is 9.18 Å². The number of hydrogen-bond donors (Lipinski definition) is 0. The van der Waals surface area contributed by atoms with Crippen LogP contribution in [0.25, 0.3) is 0 Å². The van der Waals surface area contributed by atoms with Crippen LogP contribution in [0.1, 0.15) is 15.9 Å². The van der Waals surface area contributed by atoms with Crippen LogP contribution < -0.4 is 4.74 Å². The van der Waals surface area contributed by atoms with E-state index >= 15 is 0 Å². The van der Waals surface area contributed by atoms with E-state index < -0.39 is 5.82 Å². The molecule has 0 fully saturated rings. The first-order valence-corrected chi connectivity index (χ1v) is 6.11. The van der Waals surface area contributed by atoms with Crippen LogP contribution in [0.5, 0.6) is 5.75 Å². The summed E-state index contributed by atoms with van der Waals surface area (Å²) in [6.07, 6.45) is 0.583. The zero-order valence-corrected chi connectivity index (χ0v) is 11.0. The Hall–Kier alpha value is -1.68. The van der Waals surface area contributed by atoms with Gasteiger partial charge in [-0.05, 0) is 29.8 Å². The van der Waals surface area contributed by atoms with Crippen molar-refractivity contribution in [1.82, 2.24) is 0 Å². The van der Waals surface area contributed by atoms with E-state index in [0.29, 0.717) is 6.29 Å². The maximum Gasteiger partial charge on any atom is 0.165 e. The highest BCUT2D eigenvalue weighted by Gasteiger charge is 2.09. The summed E-state index contributed by atoms with van der Waals surface area (Å²) in [6.45, 7) is 0.217. The van der Waals surface area contributed by atoms with Gasteiger partial charge in [-0.15, -0.1) is 0 Å². The van der Waals surface area contributed by atoms with Gasteiger partial charge in [0.25, 0.3) is 0 Å². The van der Waals surface area contributed by atoms with Crippen molar-refractivity contribution in [3.05, 3.63) is 63.9 Å². The standard InChI is InChI=1S/C14H10BrFO2/c15-12-6-4-10(5-7-12)9-18-14-11(8-17)2-1-3-13(14)16/h1-8H,9H2. The number of carbonyl (C=O) groups excluding carboxylic acids is 1. The third-order valence-corrected chi connectivity index (χ3v) is 2.95. The van der Waals surface area contributed by atoms with Crippen LogP contribution in [-0.2, 0) is 6.61 Å². The average molecular weight is 309 g/mol. The lowest BCUT2D eigenvalue weighted by molar-refractivity contribution is 0.111. The lowest BCUT2D eigenvalue weighted by Gasteiger charge is -2.09. The highest BCUT2D eigenvalue weighted by molar-refractivity contribution is 9.10. The van der Waals surface area contributed by atoms with Gasteiger partial charge in [-0.3, -0.25) is 4.79 Å². The van der Waals surface area contributed by atoms with E-state index in [1.54, 1.807) is 0 Å². The van der Waals surface area contributed by atoms with E-state index in [1.807, 2.05) is 24.3 Å². The molecule has 2 nitrogen and oxygen atoms in total. The molecule has 0 saturated carbocycles. The second kappa shape index (κ2) is 5.78. The van der Waals surface area contributed by atoms with Crippen LogP contribution in [0.3, 0.4) is 0 Å². The van der Waals surface area contributed by atoms with Crippen molar-refractivity contribution in [2.24, 2.45) is 0 Å². The van der Waals surface area contributed by atoms with Gasteiger partial charge in [0.05, 0.1) is 5.56 Å². The molecule has 2 aromatic rings. The van der Waals surface area contributed by atoms with Crippen molar-refractivity contribution in [1.29, 1.82) is 0 Å². The molecule has 0 atom stereocenters. The third kappa shape index (κ3) is 2.96. The zero-order valence-electron chi connectivity index (χ0n) is 9.40. The van der Waals surface area contributed by atoms with Gasteiger partial charge in [0, 0.05) is 4.47 Å². The van der Waals surface area contributed by atoms with Gasteiger partial charge in [0.1, 0.15) is 6.61 Å². The number of benzene rings is 2. The fourth-order valence-electron chi connectivity index (χ4n) is 1.51. The molecular formula is C14H10BrFO2. The summed E-state index contributed by atoms with van der Waals surface area (Å²) < 4.78 is 19.8. The van der Waals surface area contributed by atoms with E-state index in [2.05, 4.69) is 15.9 Å². The Morgan fingerprint density at radius 3 is 2.56 bits per heavy atom. The normalized spacial score (nSPS) is 10.1. The largest absolute Gasteiger partial charge is 0.485 e. The minimum absolute atomic E-state index is 0.00424.